The van der Waals surface area contributed by atoms with Crippen LogP contribution in [0.1, 0.15) is 21.6 Å². The monoisotopic (exact) mass is 320 g/mol. The van der Waals surface area contributed by atoms with Gasteiger partial charge < -0.3 is 9.64 Å². The maximum Gasteiger partial charge on any atom is 0.340 e. The highest BCUT2D eigenvalue weighted by Gasteiger charge is 2.20. The Balaban J connectivity index is 2.10. The minimum Gasteiger partial charge on any atom is -0.465 e. The van der Waals surface area contributed by atoms with Crippen molar-refractivity contribution in [1.82, 2.24) is 4.98 Å². The zero-order valence-electron chi connectivity index (χ0n) is 14.1. The molecular formula is C20H20N2O2. The van der Waals surface area contributed by atoms with E-state index in [1.807, 2.05) is 68.6 Å². The van der Waals surface area contributed by atoms with E-state index in [2.05, 4.69) is 4.90 Å². The first-order valence-corrected chi connectivity index (χ1v) is 7.84. The molecule has 0 aliphatic rings. The number of ether oxygens (including phenoxy) is 1. The molecule has 0 spiro atoms. The molecule has 0 N–H and O–H groups in total. The fourth-order valence-corrected chi connectivity index (χ4v) is 2.93. The number of aryl methyl sites for hydroxylation is 1. The van der Waals surface area contributed by atoms with Crippen molar-refractivity contribution in [3.8, 4) is 0 Å². The summed E-state index contributed by atoms with van der Waals surface area (Å²) >= 11 is 0. The van der Waals surface area contributed by atoms with Crippen LogP contribution in [0.15, 0.2) is 54.6 Å². The molecule has 3 aromatic rings. The second-order valence-corrected chi connectivity index (χ2v) is 5.76. The molecule has 122 valence electrons. The number of fused-ring (bicyclic) bond motifs is 1. The first-order chi connectivity index (χ1) is 11.6. The van der Waals surface area contributed by atoms with Crippen LogP contribution in [0.5, 0.6) is 0 Å². The molecule has 4 nitrogen and oxygen atoms in total. The van der Waals surface area contributed by atoms with Crippen molar-refractivity contribution in [3.63, 3.8) is 0 Å². The van der Waals surface area contributed by atoms with Gasteiger partial charge in [-0.3, -0.25) is 4.98 Å². The molecule has 2 aromatic carbocycles. The van der Waals surface area contributed by atoms with Crippen molar-refractivity contribution >= 4 is 22.6 Å². The van der Waals surface area contributed by atoms with Gasteiger partial charge in [-0.15, -0.1) is 0 Å². The van der Waals surface area contributed by atoms with Gasteiger partial charge in [-0.2, -0.15) is 0 Å². The number of esters is 1. The molecule has 0 atom stereocenters. The van der Waals surface area contributed by atoms with Gasteiger partial charge in [-0.05, 0) is 30.7 Å². The summed E-state index contributed by atoms with van der Waals surface area (Å²) in [5.74, 6) is -0.345. The third-order valence-corrected chi connectivity index (χ3v) is 4.20. The highest BCUT2D eigenvalue weighted by molar-refractivity contribution is 5.98. The Labute approximate surface area is 141 Å². The van der Waals surface area contributed by atoms with Gasteiger partial charge in [0.2, 0.25) is 0 Å². The molecule has 0 saturated heterocycles. The van der Waals surface area contributed by atoms with Crippen LogP contribution in [-0.4, -0.2) is 25.1 Å². The molecule has 0 radical (unpaired) electrons. The normalized spacial score (nSPS) is 10.6. The lowest BCUT2D eigenvalue weighted by molar-refractivity contribution is 0.0598. The van der Waals surface area contributed by atoms with Crippen LogP contribution in [0, 0.1) is 6.92 Å². The van der Waals surface area contributed by atoms with Gasteiger partial charge >= 0.3 is 5.97 Å². The van der Waals surface area contributed by atoms with Gasteiger partial charge in [0.1, 0.15) is 0 Å². The van der Waals surface area contributed by atoms with Crippen molar-refractivity contribution in [2.75, 3.05) is 19.1 Å². The third-order valence-electron chi connectivity index (χ3n) is 4.20. The topological polar surface area (TPSA) is 42.4 Å². The number of anilines is 1. The van der Waals surface area contributed by atoms with Crippen LogP contribution in [0.4, 0.5) is 5.69 Å². The van der Waals surface area contributed by atoms with Crippen molar-refractivity contribution in [1.29, 1.82) is 0 Å². The minimum absolute atomic E-state index is 0.345. The number of aromatic nitrogens is 1. The van der Waals surface area contributed by atoms with Crippen LogP contribution in [0.3, 0.4) is 0 Å². The second kappa shape index (κ2) is 6.71. The summed E-state index contributed by atoms with van der Waals surface area (Å²) in [5.41, 5.74) is 4.15. The van der Waals surface area contributed by atoms with E-state index in [9.17, 15) is 4.79 Å². The number of rotatable bonds is 4. The Bertz CT molecular complexity index is 875. The number of benzene rings is 2. The van der Waals surface area contributed by atoms with E-state index in [1.54, 1.807) is 0 Å². The van der Waals surface area contributed by atoms with E-state index < -0.39 is 0 Å². The predicted octanol–water partition coefficient (Wildman–Crippen LogP) is 3.97. The highest BCUT2D eigenvalue weighted by Crippen LogP contribution is 2.25. The molecular weight excluding hydrogens is 300 g/mol. The van der Waals surface area contributed by atoms with E-state index in [0.29, 0.717) is 12.1 Å². The molecule has 4 heteroatoms. The van der Waals surface area contributed by atoms with Gasteiger partial charge in [0, 0.05) is 18.1 Å². The van der Waals surface area contributed by atoms with Crippen molar-refractivity contribution < 1.29 is 9.53 Å². The lowest BCUT2D eigenvalue weighted by Crippen LogP contribution is -2.21. The Hall–Kier alpha value is -2.88. The number of nitrogens with zero attached hydrogens (tertiary/aromatic N) is 2. The Morgan fingerprint density at radius 1 is 1.08 bits per heavy atom. The van der Waals surface area contributed by atoms with E-state index in [-0.39, 0.29) is 5.97 Å². The molecule has 0 fully saturated rings. The smallest absolute Gasteiger partial charge is 0.340 e. The van der Waals surface area contributed by atoms with E-state index in [4.69, 9.17) is 9.72 Å². The predicted molar refractivity (Wildman–Crippen MR) is 96.4 cm³/mol. The first-order valence-electron chi connectivity index (χ1n) is 7.84. The summed E-state index contributed by atoms with van der Waals surface area (Å²) in [6.45, 7) is 2.47. The van der Waals surface area contributed by atoms with Crippen molar-refractivity contribution in [2.24, 2.45) is 0 Å². The van der Waals surface area contributed by atoms with E-state index in [1.165, 1.54) is 7.11 Å². The zero-order valence-corrected chi connectivity index (χ0v) is 14.1. The summed E-state index contributed by atoms with van der Waals surface area (Å²) in [4.78, 5) is 19.1. The molecule has 0 aliphatic heterocycles. The van der Waals surface area contributed by atoms with E-state index >= 15 is 0 Å². The average Bonchev–Trinajstić information content (AvgIpc) is 2.62. The van der Waals surface area contributed by atoms with Crippen LogP contribution < -0.4 is 4.90 Å². The Morgan fingerprint density at radius 3 is 2.46 bits per heavy atom. The summed E-state index contributed by atoms with van der Waals surface area (Å²) in [7, 11) is 3.39. The SMILES string of the molecule is COC(=O)c1c(CN(C)c2ccccc2)nc2ccccc2c1C. The lowest BCUT2D eigenvalue weighted by atomic mass is 10.0. The fraction of sp³-hybridized carbons (Fsp3) is 0.200. The van der Waals surface area contributed by atoms with Gasteiger partial charge in [-0.25, -0.2) is 4.79 Å². The Morgan fingerprint density at radius 2 is 1.75 bits per heavy atom. The number of hydrogen-bond donors (Lipinski definition) is 0. The second-order valence-electron chi connectivity index (χ2n) is 5.76. The highest BCUT2D eigenvalue weighted by atomic mass is 16.5. The Kier molecular flexibility index (Phi) is 4.47. The van der Waals surface area contributed by atoms with Gasteiger partial charge in [0.05, 0.1) is 30.4 Å². The van der Waals surface area contributed by atoms with Crippen LogP contribution in [-0.2, 0) is 11.3 Å². The molecule has 0 unspecified atom stereocenters. The average molecular weight is 320 g/mol. The standard InChI is InChI=1S/C20H20N2O2/c1-14-16-11-7-8-12-17(16)21-18(19(14)20(23)24-3)13-22(2)15-9-5-4-6-10-15/h4-12H,13H2,1-3H3. The molecule has 24 heavy (non-hydrogen) atoms. The maximum atomic E-state index is 12.3. The van der Waals surface area contributed by atoms with E-state index in [0.717, 1.165) is 27.8 Å². The lowest BCUT2D eigenvalue weighted by Gasteiger charge is -2.21. The fourth-order valence-electron chi connectivity index (χ4n) is 2.93. The van der Waals surface area contributed by atoms with Crippen molar-refractivity contribution in [3.05, 3.63) is 71.4 Å². The van der Waals surface area contributed by atoms with Gasteiger partial charge in [-0.1, -0.05) is 36.4 Å². The number of hydrogen-bond acceptors (Lipinski definition) is 4. The molecule has 0 aliphatic carbocycles. The number of pyridine rings is 1. The molecule has 1 heterocycles. The number of carbonyl (C=O) groups is 1. The van der Waals surface area contributed by atoms with Crippen LogP contribution >= 0.6 is 0 Å². The van der Waals surface area contributed by atoms with Crippen molar-refractivity contribution in [2.45, 2.75) is 13.5 Å². The molecule has 0 bridgehead atoms. The third kappa shape index (κ3) is 2.95. The molecule has 1 aromatic heterocycles. The summed E-state index contributed by atoms with van der Waals surface area (Å²) in [6.07, 6.45) is 0. The first kappa shape index (κ1) is 16.0. The number of para-hydroxylation sites is 2. The molecule has 3 rings (SSSR count). The molecule has 0 amide bonds. The maximum absolute atomic E-state index is 12.3. The number of methoxy groups -OCH3 is 1. The number of carbonyl (C=O) groups excluding carboxylic acids is 1. The quantitative estimate of drug-likeness (QED) is 0.682. The molecule has 0 saturated carbocycles. The van der Waals surface area contributed by atoms with Gasteiger partial charge in [0.15, 0.2) is 0 Å². The summed E-state index contributed by atoms with van der Waals surface area (Å²) in [6, 6.07) is 17.9. The van der Waals surface area contributed by atoms with Crippen LogP contribution in [0.2, 0.25) is 0 Å². The summed E-state index contributed by atoms with van der Waals surface area (Å²) in [5, 5.41) is 0.976. The summed E-state index contributed by atoms with van der Waals surface area (Å²) < 4.78 is 5.00. The minimum atomic E-state index is -0.345. The largest absolute Gasteiger partial charge is 0.465 e. The van der Waals surface area contributed by atoms with Gasteiger partial charge in [0.25, 0.3) is 0 Å². The zero-order chi connectivity index (χ0) is 17.1. The van der Waals surface area contributed by atoms with Crippen LogP contribution in [0.25, 0.3) is 10.9 Å².